The molecule has 0 atom stereocenters. The van der Waals surface area contributed by atoms with Gasteiger partial charge in [-0.05, 0) is 25.1 Å². The maximum Gasteiger partial charge on any atom is 0.434 e. The van der Waals surface area contributed by atoms with E-state index in [2.05, 4.69) is 0 Å². The molecule has 2 aromatic rings. The number of hydrogen-bond acceptors (Lipinski definition) is 4. The Morgan fingerprint density at radius 1 is 1.47 bits per heavy atom. The maximum atomic E-state index is 10.5. The molecule has 0 aliphatic heterocycles. The van der Waals surface area contributed by atoms with Crippen molar-refractivity contribution >= 4 is 16.9 Å². The lowest BCUT2D eigenvalue weighted by atomic mass is 10.2. The summed E-state index contributed by atoms with van der Waals surface area (Å²) in [4.78, 5) is 9.91. The Labute approximate surface area is 85.4 Å². The highest BCUT2D eigenvalue weighted by molar-refractivity contribution is 5.81. The molecule has 0 N–H and O–H groups in total. The highest BCUT2D eigenvalue weighted by Crippen LogP contribution is 2.27. The Balaban J connectivity index is 2.47. The molecule has 5 nitrogen and oxygen atoms in total. The summed E-state index contributed by atoms with van der Waals surface area (Å²) in [5.41, 5.74) is 0.491. The predicted molar refractivity (Wildman–Crippen MR) is 54.0 cm³/mol. The molecule has 0 unspecified atom stereocenters. The molecule has 0 bridgehead atoms. The topological polar surface area (TPSA) is 65.5 Å². The molecule has 0 aliphatic rings. The van der Waals surface area contributed by atoms with Crippen LogP contribution in [0.2, 0.25) is 0 Å². The van der Waals surface area contributed by atoms with Crippen molar-refractivity contribution in [2.75, 3.05) is 6.61 Å². The number of fused-ring (bicyclic) bond motifs is 1. The molecule has 2 rings (SSSR count). The maximum absolute atomic E-state index is 10.5. The van der Waals surface area contributed by atoms with Crippen molar-refractivity contribution in [3.63, 3.8) is 0 Å². The molecule has 0 spiro atoms. The number of hydrogen-bond donors (Lipinski definition) is 0. The first-order valence-corrected chi connectivity index (χ1v) is 4.51. The first-order chi connectivity index (χ1) is 7.20. The lowest BCUT2D eigenvalue weighted by molar-refractivity contribution is -0.401. The van der Waals surface area contributed by atoms with Crippen molar-refractivity contribution in [2.24, 2.45) is 0 Å². The quantitative estimate of drug-likeness (QED) is 0.573. The summed E-state index contributed by atoms with van der Waals surface area (Å²) >= 11 is 0. The van der Waals surface area contributed by atoms with Crippen LogP contribution in [0.3, 0.4) is 0 Å². The predicted octanol–water partition coefficient (Wildman–Crippen LogP) is 2.74. The lowest BCUT2D eigenvalue weighted by Gasteiger charge is -2.00. The second-order valence-corrected chi connectivity index (χ2v) is 2.97. The average molecular weight is 207 g/mol. The van der Waals surface area contributed by atoms with Crippen LogP contribution in [-0.4, -0.2) is 11.5 Å². The number of nitro groups is 1. The van der Waals surface area contributed by atoms with E-state index < -0.39 is 4.92 Å². The molecule has 0 saturated carbocycles. The molecule has 1 aromatic carbocycles. The van der Waals surface area contributed by atoms with Gasteiger partial charge in [0.25, 0.3) is 0 Å². The molecule has 0 saturated heterocycles. The molecule has 5 heteroatoms. The summed E-state index contributed by atoms with van der Waals surface area (Å²) in [7, 11) is 0. The van der Waals surface area contributed by atoms with Crippen LogP contribution >= 0.6 is 0 Å². The third kappa shape index (κ3) is 1.76. The Bertz CT molecular complexity index is 503. The first kappa shape index (κ1) is 9.51. The van der Waals surface area contributed by atoms with Crippen molar-refractivity contribution in [3.05, 3.63) is 34.4 Å². The van der Waals surface area contributed by atoms with Crippen LogP contribution in [0.15, 0.2) is 28.7 Å². The fraction of sp³-hybridized carbons (Fsp3) is 0.200. The van der Waals surface area contributed by atoms with Crippen LogP contribution in [0.25, 0.3) is 11.0 Å². The van der Waals surface area contributed by atoms with Crippen LogP contribution in [0.5, 0.6) is 5.75 Å². The summed E-state index contributed by atoms with van der Waals surface area (Å²) in [5.74, 6) is 0.430. The Kier molecular flexibility index (Phi) is 2.29. The van der Waals surface area contributed by atoms with Crippen molar-refractivity contribution in [3.8, 4) is 5.75 Å². The summed E-state index contributed by atoms with van der Waals surface area (Å²) in [6.45, 7) is 2.44. The monoisotopic (exact) mass is 207 g/mol. The minimum Gasteiger partial charge on any atom is -0.494 e. The van der Waals surface area contributed by atoms with Gasteiger partial charge in [-0.25, -0.2) is 0 Å². The van der Waals surface area contributed by atoms with E-state index in [-0.39, 0.29) is 5.88 Å². The smallest absolute Gasteiger partial charge is 0.434 e. The SMILES string of the molecule is CCOc1ccc2oc([N+](=O)[O-])cc2c1. The van der Waals surface area contributed by atoms with E-state index in [0.29, 0.717) is 23.3 Å². The highest BCUT2D eigenvalue weighted by Gasteiger charge is 2.13. The van der Waals surface area contributed by atoms with Gasteiger partial charge in [-0.2, -0.15) is 0 Å². The van der Waals surface area contributed by atoms with Gasteiger partial charge in [0.05, 0.1) is 12.7 Å². The summed E-state index contributed by atoms with van der Waals surface area (Å²) in [6, 6.07) is 6.49. The Morgan fingerprint density at radius 2 is 2.27 bits per heavy atom. The summed E-state index contributed by atoms with van der Waals surface area (Å²) < 4.78 is 10.3. The van der Waals surface area contributed by atoms with Crippen LogP contribution in [0.1, 0.15) is 6.92 Å². The number of ether oxygens (including phenoxy) is 1. The van der Waals surface area contributed by atoms with E-state index in [1.54, 1.807) is 18.2 Å². The first-order valence-electron chi connectivity index (χ1n) is 4.51. The average Bonchev–Trinajstić information content (AvgIpc) is 2.61. The number of nitrogens with zero attached hydrogens (tertiary/aromatic N) is 1. The van der Waals surface area contributed by atoms with Gasteiger partial charge in [-0.3, -0.25) is 10.1 Å². The normalized spacial score (nSPS) is 10.5. The van der Waals surface area contributed by atoms with Gasteiger partial charge in [0.2, 0.25) is 0 Å². The van der Waals surface area contributed by atoms with Gasteiger partial charge in [0.15, 0.2) is 0 Å². The fourth-order valence-electron chi connectivity index (χ4n) is 1.35. The van der Waals surface area contributed by atoms with E-state index in [1.165, 1.54) is 6.07 Å². The van der Waals surface area contributed by atoms with Gasteiger partial charge in [0.1, 0.15) is 16.3 Å². The molecule has 0 amide bonds. The lowest BCUT2D eigenvalue weighted by Crippen LogP contribution is -1.89. The fourth-order valence-corrected chi connectivity index (χ4v) is 1.35. The van der Waals surface area contributed by atoms with Gasteiger partial charge in [-0.15, -0.1) is 0 Å². The van der Waals surface area contributed by atoms with Gasteiger partial charge in [0, 0.05) is 5.39 Å². The zero-order chi connectivity index (χ0) is 10.8. The number of benzene rings is 1. The molecule has 0 radical (unpaired) electrons. The number of rotatable bonds is 3. The molecular weight excluding hydrogens is 198 g/mol. The van der Waals surface area contributed by atoms with Crippen molar-refractivity contribution in [1.29, 1.82) is 0 Å². The van der Waals surface area contributed by atoms with Crippen LogP contribution in [0, 0.1) is 10.1 Å². The van der Waals surface area contributed by atoms with E-state index in [1.807, 2.05) is 6.92 Å². The molecule has 78 valence electrons. The van der Waals surface area contributed by atoms with Gasteiger partial charge in [-0.1, -0.05) is 0 Å². The van der Waals surface area contributed by atoms with E-state index >= 15 is 0 Å². The van der Waals surface area contributed by atoms with Gasteiger partial charge < -0.3 is 9.15 Å². The minimum atomic E-state index is -0.555. The summed E-state index contributed by atoms with van der Waals surface area (Å²) in [5, 5.41) is 11.1. The molecule has 0 aliphatic carbocycles. The van der Waals surface area contributed by atoms with Crippen LogP contribution in [0.4, 0.5) is 5.88 Å². The van der Waals surface area contributed by atoms with E-state index in [0.717, 1.165) is 0 Å². The van der Waals surface area contributed by atoms with E-state index in [4.69, 9.17) is 9.15 Å². The third-order valence-electron chi connectivity index (χ3n) is 1.97. The summed E-state index contributed by atoms with van der Waals surface area (Å²) in [6.07, 6.45) is 0. The van der Waals surface area contributed by atoms with E-state index in [9.17, 15) is 10.1 Å². The highest BCUT2D eigenvalue weighted by atomic mass is 16.6. The third-order valence-corrected chi connectivity index (χ3v) is 1.97. The molecule has 0 fully saturated rings. The van der Waals surface area contributed by atoms with Crippen LogP contribution < -0.4 is 4.74 Å². The Morgan fingerprint density at radius 3 is 2.93 bits per heavy atom. The molecule has 1 heterocycles. The van der Waals surface area contributed by atoms with Gasteiger partial charge >= 0.3 is 5.88 Å². The second-order valence-electron chi connectivity index (χ2n) is 2.97. The number of furan rings is 1. The zero-order valence-corrected chi connectivity index (χ0v) is 8.10. The van der Waals surface area contributed by atoms with Crippen molar-refractivity contribution < 1.29 is 14.1 Å². The largest absolute Gasteiger partial charge is 0.494 e. The van der Waals surface area contributed by atoms with Crippen molar-refractivity contribution in [1.82, 2.24) is 0 Å². The molecule has 15 heavy (non-hydrogen) atoms. The minimum absolute atomic E-state index is 0.251. The second kappa shape index (κ2) is 3.61. The standard InChI is InChI=1S/C10H9NO4/c1-2-14-8-3-4-9-7(5-8)6-10(15-9)11(12)13/h3-6H,2H2,1H3. The van der Waals surface area contributed by atoms with Crippen molar-refractivity contribution in [2.45, 2.75) is 6.92 Å². The van der Waals surface area contributed by atoms with Crippen LogP contribution in [-0.2, 0) is 0 Å². The Hall–Kier alpha value is -2.04. The zero-order valence-electron chi connectivity index (χ0n) is 8.10. The molecular formula is C10H9NO4. The molecule has 1 aromatic heterocycles.